The fraction of sp³-hybridized carbons (Fsp3) is 0.667. The number of esters is 1. The van der Waals surface area contributed by atoms with Crippen LogP contribution in [-0.2, 0) is 23.9 Å². The minimum Gasteiger partial charge on any atom is -0.469 e. The number of nitrogens with zero attached hydrogens (tertiary/aromatic N) is 2. The number of carbonyl (C=O) groups excluding carboxylic acids is 6. The summed E-state index contributed by atoms with van der Waals surface area (Å²) >= 11 is 0. The van der Waals surface area contributed by atoms with Crippen LogP contribution in [0.1, 0.15) is 101 Å². The Hall–Kier alpha value is -4.06. The third-order valence-corrected chi connectivity index (χ3v) is 5.06. The maximum absolute atomic E-state index is 13.2. The van der Waals surface area contributed by atoms with E-state index in [2.05, 4.69) is 36.0 Å². The molecule has 14 nitrogen and oxygen atoms in total. The number of ether oxygens (including phenoxy) is 2. The molecule has 0 fully saturated rings. The van der Waals surface area contributed by atoms with Crippen molar-refractivity contribution in [3.63, 3.8) is 0 Å². The predicted octanol–water partition coefficient (Wildman–Crippen LogP) is 3.10. The molecule has 0 atom stereocenters. The highest BCUT2D eigenvalue weighted by Crippen LogP contribution is 2.21. The van der Waals surface area contributed by atoms with Gasteiger partial charge in [-0.05, 0) is 46.5 Å². The number of nitrogens with one attached hydrogen (secondary N) is 4. The van der Waals surface area contributed by atoms with Gasteiger partial charge in [-0.2, -0.15) is 9.59 Å². The first-order chi connectivity index (χ1) is 19.4. The van der Waals surface area contributed by atoms with Gasteiger partial charge in [-0.15, -0.1) is 0 Å². The molecule has 1 aromatic rings. The van der Waals surface area contributed by atoms with Crippen molar-refractivity contribution >= 4 is 41.5 Å². The Bertz CT molecular complexity index is 1020. The normalized spacial score (nSPS) is 10.3. The molecular formula is C27H44N6O8. The van der Waals surface area contributed by atoms with E-state index < -0.39 is 17.6 Å². The molecular weight excluding hydrogens is 536 g/mol. The molecule has 14 heteroatoms. The molecule has 0 spiro atoms. The molecule has 0 aliphatic rings. The Morgan fingerprint density at radius 2 is 1.34 bits per heavy atom. The van der Waals surface area contributed by atoms with Crippen molar-refractivity contribution in [1.82, 2.24) is 20.6 Å². The summed E-state index contributed by atoms with van der Waals surface area (Å²) in [5.74, 6) is -0.624. The number of alkyl carbamates (subject to hydrolysis) is 1. The van der Waals surface area contributed by atoms with Crippen LogP contribution in [-0.4, -0.2) is 78.8 Å². The van der Waals surface area contributed by atoms with Crippen LogP contribution in [0.2, 0.25) is 0 Å². The van der Waals surface area contributed by atoms with Crippen molar-refractivity contribution in [2.45, 2.75) is 85.2 Å². The molecule has 0 aliphatic carbocycles. The first kappa shape index (κ1) is 36.9. The van der Waals surface area contributed by atoms with Gasteiger partial charge in [0.15, 0.2) is 28.8 Å². The van der Waals surface area contributed by atoms with E-state index in [1.807, 2.05) is 13.8 Å². The summed E-state index contributed by atoms with van der Waals surface area (Å²) in [5, 5.41) is 11.6. The molecule has 2 amide bonds. The van der Waals surface area contributed by atoms with Crippen LogP contribution >= 0.6 is 0 Å². The molecule has 0 bridgehead atoms. The van der Waals surface area contributed by atoms with E-state index >= 15 is 0 Å². The fourth-order valence-electron chi connectivity index (χ4n) is 3.15. The third kappa shape index (κ3) is 16.6. The van der Waals surface area contributed by atoms with Crippen molar-refractivity contribution in [2.24, 2.45) is 0 Å². The Labute approximate surface area is 241 Å². The zero-order valence-electron chi connectivity index (χ0n) is 24.9. The van der Waals surface area contributed by atoms with Gasteiger partial charge in [0, 0.05) is 39.0 Å². The van der Waals surface area contributed by atoms with E-state index in [1.165, 1.54) is 7.11 Å². The van der Waals surface area contributed by atoms with E-state index in [0.717, 1.165) is 19.3 Å². The van der Waals surface area contributed by atoms with Gasteiger partial charge in [-0.3, -0.25) is 14.4 Å². The quantitative estimate of drug-likeness (QED) is 0.120. The first-order valence-corrected chi connectivity index (χ1v) is 13.7. The Kier molecular flexibility index (Phi) is 18.7. The summed E-state index contributed by atoms with van der Waals surface area (Å²) in [4.78, 5) is 74.6. The maximum Gasteiger partial charge on any atom is 0.407 e. The van der Waals surface area contributed by atoms with Crippen molar-refractivity contribution in [1.29, 1.82) is 0 Å². The van der Waals surface area contributed by atoms with Crippen molar-refractivity contribution in [3.05, 3.63) is 11.4 Å². The Morgan fingerprint density at radius 1 is 0.780 bits per heavy atom. The number of Topliss-reactive ketones (excluding diaryl/α,β-unsaturated/α-hetero) is 1. The summed E-state index contributed by atoms with van der Waals surface area (Å²) in [7, 11) is 1.32. The lowest BCUT2D eigenvalue weighted by atomic mass is 10.1. The van der Waals surface area contributed by atoms with E-state index in [-0.39, 0.29) is 60.3 Å². The van der Waals surface area contributed by atoms with Crippen LogP contribution in [0, 0.1) is 0 Å². The second kappa shape index (κ2) is 20.8. The molecule has 4 N–H and O–H groups in total. The molecule has 0 saturated carbocycles. The zero-order chi connectivity index (χ0) is 31.3. The zero-order valence-corrected chi connectivity index (χ0v) is 24.9. The van der Waals surface area contributed by atoms with Gasteiger partial charge in [0.2, 0.25) is 0 Å². The highest BCUT2D eigenvalue weighted by atomic mass is 16.6. The van der Waals surface area contributed by atoms with Crippen LogP contribution in [0.4, 0.5) is 16.4 Å². The number of hydrogen-bond donors (Lipinski definition) is 4. The number of ketones is 1. The predicted molar refractivity (Wildman–Crippen MR) is 151 cm³/mol. The van der Waals surface area contributed by atoms with Gasteiger partial charge in [0.25, 0.3) is 5.91 Å². The highest BCUT2D eigenvalue weighted by molar-refractivity contribution is 6.02. The lowest BCUT2D eigenvalue weighted by Crippen LogP contribution is -2.33. The molecule has 230 valence electrons. The van der Waals surface area contributed by atoms with Crippen molar-refractivity contribution in [2.75, 3.05) is 43.9 Å². The molecule has 0 aromatic carbocycles. The van der Waals surface area contributed by atoms with E-state index in [0.29, 0.717) is 32.5 Å². The topological polar surface area (TPSA) is 195 Å². The van der Waals surface area contributed by atoms with E-state index in [9.17, 15) is 19.2 Å². The molecule has 0 aliphatic heterocycles. The summed E-state index contributed by atoms with van der Waals surface area (Å²) in [6.07, 6.45) is 3.33. The summed E-state index contributed by atoms with van der Waals surface area (Å²) in [6.45, 7) is 10.9. The Morgan fingerprint density at radius 3 is 1.90 bits per heavy atom. The monoisotopic (exact) mass is 580 g/mol. The summed E-state index contributed by atoms with van der Waals surface area (Å²) in [5.41, 5.74) is -0.435. The van der Waals surface area contributed by atoms with Crippen LogP contribution in [0.5, 0.6) is 0 Å². The Balaban J connectivity index is 0.00000509. The number of amides is 2. The number of anilines is 2. The molecule has 1 rings (SSSR count). The van der Waals surface area contributed by atoms with Crippen molar-refractivity contribution < 1.29 is 38.2 Å². The smallest absolute Gasteiger partial charge is 0.407 e. The lowest BCUT2D eigenvalue weighted by molar-refractivity contribution is -0.191. The SMILES string of the molecule is CCCCNc1nc(C(=O)CCCNC(=O)OC(C)(C)C)c(NCCCC(=O)OC)nc1C(=O)NCCC.O=C=O. The standard InChI is InChI=1S/C26H44N6O6.CO2/c1-7-9-15-27-23-21(24(35)29-14-8-2)32-22(28-16-11-13-19(34)37-6)20(31-23)18(33)12-10-17-30-25(36)38-26(3,4)5;2-1-3/h7-17H2,1-6H3,(H,27,31)(H,28,32)(H,29,35)(H,30,36);. The van der Waals surface area contributed by atoms with Gasteiger partial charge in [-0.25, -0.2) is 14.8 Å². The third-order valence-electron chi connectivity index (χ3n) is 5.06. The average molecular weight is 581 g/mol. The largest absolute Gasteiger partial charge is 0.469 e. The number of methoxy groups -OCH3 is 1. The van der Waals surface area contributed by atoms with Gasteiger partial charge < -0.3 is 30.7 Å². The van der Waals surface area contributed by atoms with E-state index in [1.54, 1.807) is 20.8 Å². The second-order valence-corrected chi connectivity index (χ2v) is 9.80. The fourth-order valence-corrected chi connectivity index (χ4v) is 3.15. The van der Waals surface area contributed by atoms with Crippen LogP contribution in [0.25, 0.3) is 0 Å². The molecule has 1 heterocycles. The number of rotatable bonds is 17. The molecule has 41 heavy (non-hydrogen) atoms. The number of unbranched alkanes of at least 4 members (excludes halogenated alkanes) is 1. The van der Waals surface area contributed by atoms with Gasteiger partial charge >= 0.3 is 18.2 Å². The minimum atomic E-state index is -0.615. The maximum atomic E-state index is 13.2. The molecule has 1 aromatic heterocycles. The number of aromatic nitrogens is 2. The highest BCUT2D eigenvalue weighted by Gasteiger charge is 2.23. The average Bonchev–Trinajstić information content (AvgIpc) is 2.91. The summed E-state index contributed by atoms with van der Waals surface area (Å²) < 4.78 is 9.87. The molecule has 0 unspecified atom stereocenters. The van der Waals surface area contributed by atoms with E-state index in [4.69, 9.17) is 14.3 Å². The van der Waals surface area contributed by atoms with Crippen molar-refractivity contribution in [3.8, 4) is 0 Å². The minimum absolute atomic E-state index is 0.0892. The van der Waals surface area contributed by atoms with Gasteiger partial charge in [-0.1, -0.05) is 20.3 Å². The number of carbonyl (C=O) groups is 4. The van der Waals surface area contributed by atoms with Gasteiger partial charge in [0.1, 0.15) is 5.60 Å². The van der Waals surface area contributed by atoms with Crippen LogP contribution in [0.15, 0.2) is 0 Å². The number of hydrogen-bond acceptors (Lipinski definition) is 12. The molecule has 0 saturated heterocycles. The lowest BCUT2D eigenvalue weighted by Gasteiger charge is -2.19. The summed E-state index contributed by atoms with van der Waals surface area (Å²) in [6, 6.07) is 0. The van der Waals surface area contributed by atoms with Gasteiger partial charge in [0.05, 0.1) is 7.11 Å². The second-order valence-electron chi connectivity index (χ2n) is 9.80. The first-order valence-electron chi connectivity index (χ1n) is 13.7. The van der Waals surface area contributed by atoms with Crippen LogP contribution < -0.4 is 21.3 Å². The van der Waals surface area contributed by atoms with Crippen LogP contribution in [0.3, 0.4) is 0 Å². The molecule has 0 radical (unpaired) electrons.